The maximum Gasteiger partial charge on any atom is 0.137 e. The van der Waals surface area contributed by atoms with Gasteiger partial charge < -0.3 is 9.32 Å². The van der Waals surface area contributed by atoms with Gasteiger partial charge in [0, 0.05) is 29.4 Å². The molecule has 0 aliphatic rings. The van der Waals surface area contributed by atoms with E-state index in [1.54, 1.807) is 11.3 Å². The average molecular weight is 457 g/mol. The molecule has 0 spiro atoms. The average Bonchev–Trinajstić information content (AvgIpc) is 3.49. The summed E-state index contributed by atoms with van der Waals surface area (Å²) in [5.41, 5.74) is 6.16. The van der Waals surface area contributed by atoms with Gasteiger partial charge in [-0.05, 0) is 59.3 Å². The van der Waals surface area contributed by atoms with Gasteiger partial charge in [-0.25, -0.2) is 4.98 Å². The Hall–Kier alpha value is -4.15. The number of rotatable bonds is 3. The monoisotopic (exact) mass is 456 g/mol. The Balaban J connectivity index is 1.42. The fourth-order valence-electron chi connectivity index (χ4n) is 4.70. The van der Waals surface area contributed by atoms with Crippen LogP contribution in [0.5, 0.6) is 0 Å². The Morgan fingerprint density at radius 3 is 2.38 bits per heavy atom. The lowest BCUT2D eigenvalue weighted by Gasteiger charge is -2.19. The van der Waals surface area contributed by atoms with E-state index in [9.17, 15) is 0 Å². The Morgan fingerprint density at radius 1 is 0.706 bits per heavy atom. The molecule has 162 valence electrons. The summed E-state index contributed by atoms with van der Waals surface area (Å²) in [5, 5.41) is 5.67. The minimum absolute atomic E-state index is 0.873. The standard InChI is InChI=1S/C30H20N2OS/c1-32(22-9-3-2-4-10-22)23-13-14-25-24(18-23)28-26(33-25)15-16-27-29(28)31-30(34-27)21-12-11-19-7-5-6-8-20(19)17-21/h2-18H,1H3. The summed E-state index contributed by atoms with van der Waals surface area (Å²) in [7, 11) is 2.09. The predicted molar refractivity (Wildman–Crippen MR) is 144 cm³/mol. The zero-order valence-electron chi connectivity index (χ0n) is 18.5. The van der Waals surface area contributed by atoms with Crippen molar-refractivity contribution in [3.05, 3.63) is 103 Å². The number of para-hydroxylation sites is 1. The molecule has 5 aromatic carbocycles. The number of aromatic nitrogens is 1. The maximum atomic E-state index is 6.22. The van der Waals surface area contributed by atoms with Gasteiger partial charge in [-0.15, -0.1) is 11.3 Å². The molecule has 0 aliphatic carbocycles. The zero-order chi connectivity index (χ0) is 22.6. The minimum Gasteiger partial charge on any atom is -0.456 e. The first-order valence-electron chi connectivity index (χ1n) is 11.3. The zero-order valence-corrected chi connectivity index (χ0v) is 19.3. The summed E-state index contributed by atoms with van der Waals surface area (Å²) >= 11 is 1.73. The summed E-state index contributed by atoms with van der Waals surface area (Å²) in [6, 6.07) is 36.0. The van der Waals surface area contributed by atoms with Crippen molar-refractivity contribution in [2.75, 3.05) is 11.9 Å². The van der Waals surface area contributed by atoms with Crippen molar-refractivity contribution in [2.45, 2.75) is 0 Å². The third-order valence-electron chi connectivity index (χ3n) is 6.50. The highest BCUT2D eigenvalue weighted by molar-refractivity contribution is 7.21. The van der Waals surface area contributed by atoms with Crippen LogP contribution in [0, 0.1) is 0 Å². The first kappa shape index (κ1) is 19.3. The van der Waals surface area contributed by atoms with Crippen LogP contribution >= 0.6 is 11.3 Å². The van der Waals surface area contributed by atoms with Crippen LogP contribution in [0.4, 0.5) is 11.4 Å². The molecule has 3 nitrogen and oxygen atoms in total. The first-order chi connectivity index (χ1) is 16.7. The molecule has 2 heterocycles. The largest absolute Gasteiger partial charge is 0.456 e. The van der Waals surface area contributed by atoms with E-state index in [1.807, 2.05) is 6.07 Å². The number of benzene rings is 5. The summed E-state index contributed by atoms with van der Waals surface area (Å²) in [4.78, 5) is 7.31. The van der Waals surface area contributed by atoms with E-state index in [2.05, 4.69) is 109 Å². The van der Waals surface area contributed by atoms with Crippen molar-refractivity contribution >= 4 is 65.6 Å². The Morgan fingerprint density at radius 2 is 1.50 bits per heavy atom. The molecule has 34 heavy (non-hydrogen) atoms. The minimum atomic E-state index is 0.873. The van der Waals surface area contributed by atoms with E-state index in [4.69, 9.17) is 9.40 Å². The topological polar surface area (TPSA) is 29.3 Å². The van der Waals surface area contributed by atoms with E-state index >= 15 is 0 Å². The van der Waals surface area contributed by atoms with Crippen molar-refractivity contribution in [3.63, 3.8) is 0 Å². The van der Waals surface area contributed by atoms with Crippen molar-refractivity contribution in [1.82, 2.24) is 4.98 Å². The van der Waals surface area contributed by atoms with Crippen LogP contribution in [0.1, 0.15) is 0 Å². The molecular weight excluding hydrogens is 436 g/mol. The second kappa shape index (κ2) is 7.44. The molecule has 7 rings (SSSR count). The lowest BCUT2D eigenvalue weighted by molar-refractivity contribution is 0.669. The summed E-state index contributed by atoms with van der Waals surface area (Å²) < 4.78 is 7.39. The lowest BCUT2D eigenvalue weighted by atomic mass is 10.1. The normalized spacial score (nSPS) is 11.7. The Bertz CT molecular complexity index is 1830. The molecule has 0 atom stereocenters. The van der Waals surface area contributed by atoms with Crippen molar-refractivity contribution in [1.29, 1.82) is 0 Å². The highest BCUT2D eigenvalue weighted by atomic mass is 32.1. The summed E-state index contributed by atoms with van der Waals surface area (Å²) in [6.45, 7) is 0. The molecular formula is C30H20N2OS. The maximum absolute atomic E-state index is 6.22. The van der Waals surface area contributed by atoms with Crippen LogP contribution in [0.2, 0.25) is 0 Å². The predicted octanol–water partition coefficient (Wildman–Crippen LogP) is 8.78. The van der Waals surface area contributed by atoms with Crippen molar-refractivity contribution < 1.29 is 4.42 Å². The molecule has 0 radical (unpaired) electrons. The highest BCUT2D eigenvalue weighted by Crippen LogP contribution is 2.40. The molecule has 7 aromatic rings. The van der Waals surface area contributed by atoms with Crippen LogP contribution in [-0.4, -0.2) is 12.0 Å². The van der Waals surface area contributed by atoms with E-state index < -0.39 is 0 Å². The van der Waals surface area contributed by atoms with Gasteiger partial charge in [0.05, 0.1) is 15.6 Å². The molecule has 0 amide bonds. The second-order valence-electron chi connectivity index (χ2n) is 8.54. The number of thiazole rings is 1. The molecule has 2 aromatic heterocycles. The van der Waals surface area contributed by atoms with Gasteiger partial charge in [0.1, 0.15) is 16.2 Å². The lowest BCUT2D eigenvalue weighted by Crippen LogP contribution is -2.08. The van der Waals surface area contributed by atoms with Gasteiger partial charge in [0.2, 0.25) is 0 Å². The van der Waals surface area contributed by atoms with E-state index in [1.165, 1.54) is 15.5 Å². The molecule has 0 fully saturated rings. The van der Waals surface area contributed by atoms with Crippen LogP contribution < -0.4 is 4.90 Å². The number of anilines is 2. The first-order valence-corrected chi connectivity index (χ1v) is 12.1. The number of hydrogen-bond acceptors (Lipinski definition) is 4. The third-order valence-corrected chi connectivity index (χ3v) is 7.57. The molecule has 0 N–H and O–H groups in total. The van der Waals surface area contributed by atoms with Gasteiger partial charge in [-0.1, -0.05) is 54.6 Å². The van der Waals surface area contributed by atoms with Gasteiger partial charge in [-0.2, -0.15) is 0 Å². The molecule has 0 aliphatic heterocycles. The van der Waals surface area contributed by atoms with Gasteiger partial charge >= 0.3 is 0 Å². The van der Waals surface area contributed by atoms with E-state index in [-0.39, 0.29) is 0 Å². The number of nitrogens with zero attached hydrogens (tertiary/aromatic N) is 2. The van der Waals surface area contributed by atoms with E-state index in [0.717, 1.165) is 49.4 Å². The molecule has 0 saturated carbocycles. The van der Waals surface area contributed by atoms with Crippen LogP contribution in [-0.2, 0) is 0 Å². The number of hydrogen-bond donors (Lipinski definition) is 0. The SMILES string of the molecule is CN(c1ccccc1)c1ccc2oc3ccc4sc(-c5ccc6ccccc6c5)nc4c3c2c1. The number of fused-ring (bicyclic) bond motifs is 6. The quantitative estimate of drug-likeness (QED) is 0.266. The Labute approximate surface area is 200 Å². The Kier molecular flexibility index (Phi) is 4.23. The van der Waals surface area contributed by atoms with E-state index in [0.29, 0.717) is 0 Å². The summed E-state index contributed by atoms with van der Waals surface area (Å²) in [6.07, 6.45) is 0. The summed E-state index contributed by atoms with van der Waals surface area (Å²) in [5.74, 6) is 0. The fourth-order valence-corrected chi connectivity index (χ4v) is 5.67. The van der Waals surface area contributed by atoms with Gasteiger partial charge in [0.15, 0.2) is 0 Å². The molecule has 0 saturated heterocycles. The highest BCUT2D eigenvalue weighted by Gasteiger charge is 2.16. The van der Waals surface area contributed by atoms with Gasteiger partial charge in [-0.3, -0.25) is 0 Å². The molecule has 0 bridgehead atoms. The van der Waals surface area contributed by atoms with Crippen molar-refractivity contribution in [2.24, 2.45) is 0 Å². The molecule has 4 heteroatoms. The van der Waals surface area contributed by atoms with Crippen LogP contribution in [0.3, 0.4) is 0 Å². The van der Waals surface area contributed by atoms with Crippen LogP contribution in [0.25, 0.3) is 53.5 Å². The number of furan rings is 1. The smallest absolute Gasteiger partial charge is 0.137 e. The molecule has 0 unspecified atom stereocenters. The third kappa shape index (κ3) is 3.00. The fraction of sp³-hybridized carbons (Fsp3) is 0.0333. The van der Waals surface area contributed by atoms with Crippen molar-refractivity contribution in [3.8, 4) is 10.6 Å². The van der Waals surface area contributed by atoms with Crippen LogP contribution in [0.15, 0.2) is 108 Å². The second-order valence-corrected chi connectivity index (χ2v) is 9.57. The van der Waals surface area contributed by atoms with Gasteiger partial charge in [0.25, 0.3) is 0 Å².